The van der Waals surface area contributed by atoms with Crippen LogP contribution < -0.4 is 0 Å². The van der Waals surface area contributed by atoms with Crippen LogP contribution in [0.1, 0.15) is 30.7 Å². The molecule has 0 saturated heterocycles. The summed E-state index contributed by atoms with van der Waals surface area (Å²) < 4.78 is 1.79. The van der Waals surface area contributed by atoms with Crippen LogP contribution in [0.3, 0.4) is 0 Å². The number of amides is 1. The third kappa shape index (κ3) is 4.71. The van der Waals surface area contributed by atoms with Crippen molar-refractivity contribution in [1.29, 1.82) is 0 Å². The first-order valence-corrected chi connectivity index (χ1v) is 8.46. The molecule has 1 aromatic heterocycles. The fourth-order valence-corrected chi connectivity index (χ4v) is 2.75. The van der Waals surface area contributed by atoms with Crippen molar-refractivity contribution in [2.45, 2.75) is 33.9 Å². The van der Waals surface area contributed by atoms with E-state index >= 15 is 0 Å². The van der Waals surface area contributed by atoms with Crippen molar-refractivity contribution in [3.63, 3.8) is 0 Å². The summed E-state index contributed by atoms with van der Waals surface area (Å²) in [6, 6.07) is 9.91. The third-order valence-corrected chi connectivity index (χ3v) is 4.08. The van der Waals surface area contributed by atoms with Crippen molar-refractivity contribution >= 4 is 23.6 Å². The quantitative estimate of drug-likeness (QED) is 0.737. The molecule has 24 heavy (non-hydrogen) atoms. The van der Waals surface area contributed by atoms with Gasteiger partial charge in [0.2, 0.25) is 5.91 Å². The molecule has 0 N–H and O–H groups in total. The highest BCUT2D eigenvalue weighted by Gasteiger charge is 2.13. The first-order chi connectivity index (χ1) is 11.4. The largest absolute Gasteiger partial charge is 0.338 e. The number of carbonyl (C=O) groups is 1. The maximum Gasteiger partial charge on any atom is 0.246 e. The van der Waals surface area contributed by atoms with Crippen LogP contribution in [-0.4, -0.2) is 27.6 Å². The van der Waals surface area contributed by atoms with Crippen molar-refractivity contribution in [3.05, 3.63) is 58.4 Å². The average Bonchev–Trinajstić information content (AvgIpc) is 2.79. The van der Waals surface area contributed by atoms with Crippen molar-refractivity contribution in [2.24, 2.45) is 5.92 Å². The molecule has 2 aromatic rings. The number of halogens is 1. The van der Waals surface area contributed by atoms with Gasteiger partial charge in [0, 0.05) is 31.8 Å². The number of hydrogen-bond donors (Lipinski definition) is 0. The van der Waals surface area contributed by atoms with Gasteiger partial charge in [0.05, 0.1) is 5.69 Å². The molecule has 1 heterocycles. The molecule has 5 heteroatoms. The second-order valence-electron chi connectivity index (χ2n) is 6.38. The molecule has 0 spiro atoms. The SMILES string of the molecule is Cc1nn(CC(C)C)c(Cl)c1/C=C/C(=O)N(C)Cc1ccccc1. The standard InChI is InChI=1S/C19H24ClN3O/c1-14(2)12-23-19(20)17(15(3)21-23)10-11-18(24)22(4)13-16-8-6-5-7-9-16/h5-11,14H,12-13H2,1-4H3/b11-10+. The first-order valence-electron chi connectivity index (χ1n) is 8.08. The molecule has 4 nitrogen and oxygen atoms in total. The molecule has 0 aliphatic rings. The topological polar surface area (TPSA) is 38.1 Å². The molecule has 0 bridgehead atoms. The minimum absolute atomic E-state index is 0.0640. The third-order valence-electron chi connectivity index (χ3n) is 3.68. The van der Waals surface area contributed by atoms with E-state index < -0.39 is 0 Å². The number of aryl methyl sites for hydroxylation is 1. The average molecular weight is 346 g/mol. The maximum absolute atomic E-state index is 12.3. The molecule has 1 aromatic carbocycles. The number of nitrogens with zero attached hydrogens (tertiary/aromatic N) is 3. The summed E-state index contributed by atoms with van der Waals surface area (Å²) in [5.41, 5.74) is 2.73. The summed E-state index contributed by atoms with van der Waals surface area (Å²) in [6.45, 7) is 7.47. The van der Waals surface area contributed by atoms with E-state index in [1.54, 1.807) is 28.8 Å². The predicted molar refractivity (Wildman–Crippen MR) is 98.8 cm³/mol. The van der Waals surface area contributed by atoms with Crippen molar-refractivity contribution in [3.8, 4) is 0 Å². The predicted octanol–water partition coefficient (Wildman–Crippen LogP) is 4.17. The lowest BCUT2D eigenvalue weighted by atomic mass is 10.2. The van der Waals surface area contributed by atoms with Gasteiger partial charge >= 0.3 is 0 Å². The Morgan fingerprint density at radius 2 is 2.00 bits per heavy atom. The second-order valence-corrected chi connectivity index (χ2v) is 6.74. The Morgan fingerprint density at radius 3 is 2.62 bits per heavy atom. The molecule has 0 aliphatic carbocycles. The van der Waals surface area contributed by atoms with E-state index in [-0.39, 0.29) is 5.91 Å². The van der Waals surface area contributed by atoms with Gasteiger partial charge in [-0.05, 0) is 24.5 Å². The Bertz CT molecular complexity index is 720. The molecule has 0 fully saturated rings. The van der Waals surface area contributed by atoms with E-state index in [9.17, 15) is 4.79 Å². The van der Waals surface area contributed by atoms with E-state index in [2.05, 4.69) is 18.9 Å². The second kappa shape index (κ2) is 8.15. The minimum atomic E-state index is -0.0640. The van der Waals surface area contributed by atoms with Crippen molar-refractivity contribution in [1.82, 2.24) is 14.7 Å². The number of likely N-dealkylation sites (N-methyl/N-ethyl adjacent to an activating group) is 1. The van der Waals surface area contributed by atoms with Crippen LogP contribution in [0.5, 0.6) is 0 Å². The van der Waals surface area contributed by atoms with Crippen LogP contribution in [0.15, 0.2) is 36.4 Å². The number of aromatic nitrogens is 2. The van der Waals surface area contributed by atoms with Crippen molar-refractivity contribution < 1.29 is 4.79 Å². The lowest BCUT2D eigenvalue weighted by Gasteiger charge is -2.15. The molecule has 0 saturated carbocycles. The van der Waals surface area contributed by atoms with Crippen molar-refractivity contribution in [2.75, 3.05) is 7.05 Å². The highest BCUT2D eigenvalue weighted by atomic mass is 35.5. The van der Waals surface area contributed by atoms with Gasteiger partial charge in [-0.25, -0.2) is 0 Å². The van der Waals surface area contributed by atoms with Gasteiger partial charge in [-0.2, -0.15) is 5.10 Å². The summed E-state index contributed by atoms with van der Waals surface area (Å²) in [7, 11) is 1.79. The van der Waals surface area contributed by atoms with E-state index in [1.165, 1.54) is 0 Å². The monoisotopic (exact) mass is 345 g/mol. The summed E-state index contributed by atoms with van der Waals surface area (Å²) in [5, 5.41) is 5.03. The van der Waals surface area contributed by atoms with Crippen LogP contribution in [0.4, 0.5) is 0 Å². The Morgan fingerprint density at radius 1 is 1.33 bits per heavy atom. The van der Waals surface area contributed by atoms with Gasteiger partial charge in [-0.1, -0.05) is 55.8 Å². The van der Waals surface area contributed by atoms with Crippen LogP contribution in [0.2, 0.25) is 5.15 Å². The highest BCUT2D eigenvalue weighted by Crippen LogP contribution is 2.22. The number of rotatable bonds is 6. The van der Waals surface area contributed by atoms with Crippen LogP contribution in [-0.2, 0) is 17.9 Å². The van der Waals surface area contributed by atoms with Gasteiger partial charge < -0.3 is 4.90 Å². The lowest BCUT2D eigenvalue weighted by Crippen LogP contribution is -2.24. The molecule has 0 atom stereocenters. The highest BCUT2D eigenvalue weighted by molar-refractivity contribution is 6.31. The Labute approximate surface area is 148 Å². The normalized spacial score (nSPS) is 11.4. The molecule has 0 aliphatic heterocycles. The van der Waals surface area contributed by atoms with Gasteiger partial charge in [0.25, 0.3) is 0 Å². The number of benzene rings is 1. The smallest absolute Gasteiger partial charge is 0.246 e. The molecule has 0 unspecified atom stereocenters. The van der Waals surface area contributed by atoms with E-state index in [0.717, 1.165) is 23.4 Å². The van der Waals surface area contributed by atoms with Gasteiger partial charge in [-0.15, -0.1) is 0 Å². The zero-order valence-corrected chi connectivity index (χ0v) is 15.4. The fraction of sp³-hybridized carbons (Fsp3) is 0.368. The molecular formula is C19H24ClN3O. The zero-order valence-electron chi connectivity index (χ0n) is 14.7. The Kier molecular flexibility index (Phi) is 6.21. The molecule has 128 valence electrons. The Hall–Kier alpha value is -2.07. The van der Waals surface area contributed by atoms with Gasteiger partial charge in [-0.3, -0.25) is 9.48 Å². The molecule has 1 amide bonds. The lowest BCUT2D eigenvalue weighted by molar-refractivity contribution is -0.125. The number of hydrogen-bond acceptors (Lipinski definition) is 2. The fourth-order valence-electron chi connectivity index (χ4n) is 2.44. The van der Waals surface area contributed by atoms with E-state index in [0.29, 0.717) is 17.6 Å². The summed E-state index contributed by atoms with van der Waals surface area (Å²) >= 11 is 6.39. The summed E-state index contributed by atoms with van der Waals surface area (Å²) in [6.07, 6.45) is 3.31. The molecule has 2 rings (SSSR count). The van der Waals surface area contributed by atoms with E-state index in [4.69, 9.17) is 11.6 Å². The van der Waals surface area contributed by atoms with Gasteiger partial charge in [0.1, 0.15) is 5.15 Å². The zero-order chi connectivity index (χ0) is 17.7. The Balaban J connectivity index is 2.07. The summed E-state index contributed by atoms with van der Waals surface area (Å²) in [4.78, 5) is 14.0. The minimum Gasteiger partial charge on any atom is -0.338 e. The maximum atomic E-state index is 12.3. The summed E-state index contributed by atoms with van der Waals surface area (Å²) in [5.74, 6) is 0.392. The van der Waals surface area contributed by atoms with Crippen LogP contribution in [0, 0.1) is 12.8 Å². The van der Waals surface area contributed by atoms with Crippen LogP contribution in [0.25, 0.3) is 6.08 Å². The molecular weight excluding hydrogens is 322 g/mol. The molecule has 0 radical (unpaired) electrons. The first kappa shape index (κ1) is 18.3. The number of carbonyl (C=O) groups excluding carboxylic acids is 1. The van der Waals surface area contributed by atoms with Gasteiger partial charge in [0.15, 0.2) is 0 Å². The van der Waals surface area contributed by atoms with E-state index in [1.807, 2.05) is 37.3 Å². The van der Waals surface area contributed by atoms with Crippen LogP contribution >= 0.6 is 11.6 Å².